The van der Waals surface area contributed by atoms with Crippen molar-refractivity contribution < 1.29 is 4.57 Å². The van der Waals surface area contributed by atoms with Crippen LogP contribution < -0.4 is 4.57 Å². The Balaban J connectivity index is 2.04. The Kier molecular flexibility index (Phi) is 2.87. The molecule has 0 fully saturated rings. The Morgan fingerprint density at radius 1 is 0.880 bits per heavy atom. The fourth-order valence-electron chi connectivity index (χ4n) is 5.52. The minimum absolute atomic E-state index is 0.0387. The van der Waals surface area contributed by atoms with Crippen molar-refractivity contribution in [1.29, 1.82) is 0 Å². The maximum Gasteiger partial charge on any atom is 0.217 e. The van der Waals surface area contributed by atoms with Crippen molar-refractivity contribution >= 4 is 10.9 Å². The minimum Gasteiger partial charge on any atom is -0.181 e. The molecule has 1 aliphatic heterocycles. The zero-order valence-corrected chi connectivity index (χ0v) is 15.2. The van der Waals surface area contributed by atoms with Gasteiger partial charge in [0.05, 0.1) is 11.0 Å². The summed E-state index contributed by atoms with van der Waals surface area (Å²) in [6.07, 6.45) is 7.16. The van der Waals surface area contributed by atoms with Crippen LogP contribution >= 0.6 is 0 Å². The number of para-hydroxylation sites is 1. The number of rotatable bonds is 2. The van der Waals surface area contributed by atoms with Crippen LogP contribution in [0.15, 0.2) is 66.7 Å². The summed E-state index contributed by atoms with van der Waals surface area (Å²) < 4.78 is 2.66. The van der Waals surface area contributed by atoms with Gasteiger partial charge in [-0.2, -0.15) is 4.57 Å². The molecule has 2 heterocycles. The molecule has 2 aromatic carbocycles. The number of aromatic nitrogens is 1. The lowest BCUT2D eigenvalue weighted by Crippen LogP contribution is -2.72. The molecule has 2 unspecified atom stereocenters. The highest BCUT2D eigenvalue weighted by Crippen LogP contribution is 2.57. The van der Waals surface area contributed by atoms with E-state index < -0.39 is 0 Å². The van der Waals surface area contributed by atoms with E-state index in [1.54, 1.807) is 0 Å². The van der Waals surface area contributed by atoms with Crippen LogP contribution in [0.25, 0.3) is 22.2 Å². The second kappa shape index (κ2) is 4.82. The first-order valence-corrected chi connectivity index (χ1v) is 9.43. The molecule has 25 heavy (non-hydrogen) atoms. The van der Waals surface area contributed by atoms with Crippen LogP contribution in [0.5, 0.6) is 0 Å². The summed E-state index contributed by atoms with van der Waals surface area (Å²) in [7, 11) is 0. The van der Waals surface area contributed by atoms with E-state index >= 15 is 0 Å². The second-order valence-electron chi connectivity index (χ2n) is 7.55. The summed E-state index contributed by atoms with van der Waals surface area (Å²) in [6, 6.07) is 20.3. The molecule has 1 nitrogen and oxygen atoms in total. The molecule has 2 atom stereocenters. The fourth-order valence-corrected chi connectivity index (χ4v) is 5.52. The normalized spacial score (nSPS) is 25.9. The quantitative estimate of drug-likeness (QED) is 0.436. The Morgan fingerprint density at radius 3 is 2.36 bits per heavy atom. The third kappa shape index (κ3) is 1.53. The van der Waals surface area contributed by atoms with Crippen molar-refractivity contribution in [2.45, 2.75) is 44.6 Å². The molecule has 0 saturated heterocycles. The average Bonchev–Trinajstić information content (AvgIpc) is 2.62. The maximum atomic E-state index is 2.66. The van der Waals surface area contributed by atoms with E-state index in [1.807, 2.05) is 0 Å². The first-order chi connectivity index (χ1) is 12.2. The lowest BCUT2D eigenvalue weighted by atomic mass is 9.52. The third-order valence-corrected chi connectivity index (χ3v) is 6.72. The van der Waals surface area contributed by atoms with Crippen LogP contribution in [0, 0.1) is 6.92 Å². The summed E-state index contributed by atoms with van der Waals surface area (Å²) in [5.74, 6) is 0. The first kappa shape index (κ1) is 14.9. The lowest BCUT2D eigenvalue weighted by molar-refractivity contribution is -0.736. The number of benzene rings is 2. The molecule has 1 heteroatoms. The third-order valence-electron chi connectivity index (χ3n) is 6.72. The molecule has 1 aromatic heterocycles. The predicted octanol–water partition coefficient (Wildman–Crippen LogP) is 5.44. The molecular formula is C24H24N+. The molecule has 0 radical (unpaired) electrons. The zero-order chi connectivity index (χ0) is 17.2. The fraction of sp³-hybridized carbons (Fsp3) is 0.292. The molecule has 124 valence electrons. The lowest BCUT2D eigenvalue weighted by Gasteiger charge is -2.52. The van der Waals surface area contributed by atoms with E-state index in [2.05, 4.69) is 92.1 Å². The topological polar surface area (TPSA) is 3.88 Å². The van der Waals surface area contributed by atoms with Gasteiger partial charge in [0.1, 0.15) is 0 Å². The predicted molar refractivity (Wildman–Crippen MR) is 104 cm³/mol. The highest BCUT2D eigenvalue weighted by atomic mass is 15.1. The number of hydrogen-bond donors (Lipinski definition) is 0. The summed E-state index contributed by atoms with van der Waals surface area (Å²) in [5.41, 5.74) is 7.15. The molecule has 1 aliphatic carbocycles. The number of hydrogen-bond acceptors (Lipinski definition) is 0. The Morgan fingerprint density at radius 2 is 1.64 bits per heavy atom. The number of aryl methyl sites for hydroxylation is 1. The molecular weight excluding hydrogens is 302 g/mol. The summed E-state index contributed by atoms with van der Waals surface area (Å²) in [4.78, 5) is 0. The van der Waals surface area contributed by atoms with Crippen molar-refractivity contribution in [3.05, 3.63) is 77.9 Å². The maximum absolute atomic E-state index is 2.66. The molecule has 2 aliphatic rings. The monoisotopic (exact) mass is 326 g/mol. The van der Waals surface area contributed by atoms with Crippen LogP contribution in [0.4, 0.5) is 0 Å². The zero-order valence-electron chi connectivity index (χ0n) is 15.2. The van der Waals surface area contributed by atoms with Crippen molar-refractivity contribution in [2.24, 2.45) is 0 Å². The number of fused-ring (bicyclic) bond motifs is 8. The van der Waals surface area contributed by atoms with E-state index in [4.69, 9.17) is 0 Å². The molecule has 5 rings (SSSR count). The summed E-state index contributed by atoms with van der Waals surface area (Å²) >= 11 is 0. The number of pyridine rings is 1. The van der Waals surface area contributed by atoms with Crippen LogP contribution in [0.3, 0.4) is 0 Å². The van der Waals surface area contributed by atoms with Crippen molar-refractivity contribution in [1.82, 2.24) is 0 Å². The van der Waals surface area contributed by atoms with Crippen molar-refractivity contribution in [3.8, 4) is 11.3 Å². The SMILES string of the molecule is CCC12C=CC1(CC)[n+]1c(c(C)cc3ccccc31)-c1ccccc12. The smallest absolute Gasteiger partial charge is 0.181 e. The Bertz CT molecular complexity index is 1050. The molecule has 3 aromatic rings. The summed E-state index contributed by atoms with van der Waals surface area (Å²) in [6.45, 7) is 6.95. The average molecular weight is 326 g/mol. The van der Waals surface area contributed by atoms with Gasteiger partial charge < -0.3 is 0 Å². The molecule has 0 N–H and O–H groups in total. The van der Waals surface area contributed by atoms with Crippen LogP contribution in [-0.2, 0) is 11.0 Å². The standard InChI is InChI=1S/C24H24N/c1-4-23-14-15-24(23,5-2)25-21-13-9-6-10-18(21)16-17(3)22(25)19-11-7-8-12-20(19)23/h6-16H,4-5H2,1-3H3/q+1. The van der Waals surface area contributed by atoms with E-state index in [1.165, 1.54) is 33.3 Å². The second-order valence-corrected chi connectivity index (χ2v) is 7.55. The Hall–Kier alpha value is -2.41. The largest absolute Gasteiger partial charge is 0.217 e. The molecule has 0 bridgehead atoms. The van der Waals surface area contributed by atoms with Crippen LogP contribution in [-0.4, -0.2) is 0 Å². The first-order valence-electron chi connectivity index (χ1n) is 9.43. The van der Waals surface area contributed by atoms with E-state index in [-0.39, 0.29) is 11.0 Å². The van der Waals surface area contributed by atoms with Gasteiger partial charge in [0.25, 0.3) is 0 Å². The molecule has 0 amide bonds. The highest BCUT2D eigenvalue weighted by Gasteiger charge is 2.65. The van der Waals surface area contributed by atoms with Crippen LogP contribution in [0.2, 0.25) is 0 Å². The van der Waals surface area contributed by atoms with Gasteiger partial charge >= 0.3 is 0 Å². The summed E-state index contributed by atoms with van der Waals surface area (Å²) in [5, 5.41) is 1.33. The van der Waals surface area contributed by atoms with E-state index in [0.29, 0.717) is 0 Å². The Labute approximate surface area is 149 Å². The minimum atomic E-state index is 0.0387. The number of nitrogens with zero attached hydrogens (tertiary/aromatic N) is 1. The van der Waals surface area contributed by atoms with E-state index in [9.17, 15) is 0 Å². The van der Waals surface area contributed by atoms with Gasteiger partial charge in [-0.1, -0.05) is 50.3 Å². The van der Waals surface area contributed by atoms with Gasteiger partial charge in [0.2, 0.25) is 11.2 Å². The number of allylic oxidation sites excluding steroid dienone is 2. The molecule has 0 saturated carbocycles. The van der Waals surface area contributed by atoms with Gasteiger partial charge in [-0.15, -0.1) is 0 Å². The van der Waals surface area contributed by atoms with Crippen molar-refractivity contribution in [2.75, 3.05) is 0 Å². The van der Waals surface area contributed by atoms with Gasteiger partial charge in [0.15, 0.2) is 5.54 Å². The highest BCUT2D eigenvalue weighted by molar-refractivity contribution is 5.81. The molecule has 0 spiro atoms. The van der Waals surface area contributed by atoms with Gasteiger partial charge in [-0.3, -0.25) is 0 Å². The van der Waals surface area contributed by atoms with Crippen molar-refractivity contribution in [3.63, 3.8) is 0 Å². The van der Waals surface area contributed by atoms with Gasteiger partial charge in [-0.05, 0) is 43.2 Å². The van der Waals surface area contributed by atoms with Crippen LogP contribution in [0.1, 0.15) is 37.8 Å². The van der Waals surface area contributed by atoms with Gasteiger partial charge in [0, 0.05) is 23.4 Å². The van der Waals surface area contributed by atoms with E-state index in [0.717, 1.165) is 12.8 Å². The van der Waals surface area contributed by atoms with Gasteiger partial charge in [-0.25, -0.2) is 0 Å².